The van der Waals surface area contributed by atoms with Crippen LogP contribution in [0.4, 0.5) is 0 Å². The van der Waals surface area contributed by atoms with Crippen molar-refractivity contribution in [2.24, 2.45) is 17.3 Å². The van der Waals surface area contributed by atoms with Gasteiger partial charge in [-0.05, 0) is 48.0 Å². The molecule has 1 fully saturated rings. The standard InChI is InChI=1S/C14H22O2S2/c1-11-7-12(9-14(2,3)8-11)10-18(15,16)13-5-4-6-17-13/h4-6,11-12H,7-10H2,1-3H3. The van der Waals surface area contributed by atoms with Crippen LogP contribution in [-0.4, -0.2) is 14.2 Å². The Hall–Kier alpha value is -0.350. The van der Waals surface area contributed by atoms with E-state index in [-0.39, 0.29) is 5.41 Å². The summed E-state index contributed by atoms with van der Waals surface area (Å²) in [7, 11) is -3.07. The van der Waals surface area contributed by atoms with Gasteiger partial charge in [-0.2, -0.15) is 0 Å². The zero-order valence-corrected chi connectivity index (χ0v) is 13.0. The fourth-order valence-corrected chi connectivity index (χ4v) is 6.23. The second kappa shape index (κ2) is 4.97. The van der Waals surface area contributed by atoms with Crippen molar-refractivity contribution in [3.63, 3.8) is 0 Å². The lowest BCUT2D eigenvalue weighted by atomic mass is 9.68. The zero-order valence-electron chi connectivity index (χ0n) is 11.3. The highest BCUT2D eigenvalue weighted by Gasteiger charge is 2.34. The topological polar surface area (TPSA) is 34.1 Å². The van der Waals surface area contributed by atoms with Gasteiger partial charge in [0.15, 0.2) is 9.84 Å². The molecule has 1 heterocycles. The lowest BCUT2D eigenvalue weighted by Gasteiger charge is -2.38. The highest BCUT2D eigenvalue weighted by molar-refractivity contribution is 7.93. The third kappa shape index (κ3) is 3.35. The maximum Gasteiger partial charge on any atom is 0.188 e. The molecule has 1 aliphatic rings. The Balaban J connectivity index is 2.10. The van der Waals surface area contributed by atoms with E-state index in [1.54, 1.807) is 6.07 Å². The number of rotatable bonds is 3. The molecule has 102 valence electrons. The number of hydrogen-bond acceptors (Lipinski definition) is 3. The molecule has 0 radical (unpaired) electrons. The first-order chi connectivity index (χ1) is 8.28. The number of hydrogen-bond donors (Lipinski definition) is 0. The van der Waals surface area contributed by atoms with Gasteiger partial charge in [0.25, 0.3) is 0 Å². The minimum absolute atomic E-state index is 0.285. The third-order valence-electron chi connectivity index (χ3n) is 3.73. The lowest BCUT2D eigenvalue weighted by Crippen LogP contribution is -2.31. The molecule has 2 atom stereocenters. The van der Waals surface area contributed by atoms with E-state index in [1.165, 1.54) is 17.8 Å². The van der Waals surface area contributed by atoms with Gasteiger partial charge in [-0.15, -0.1) is 11.3 Å². The van der Waals surface area contributed by atoms with Crippen molar-refractivity contribution in [3.05, 3.63) is 17.5 Å². The molecule has 18 heavy (non-hydrogen) atoms. The predicted molar refractivity (Wildman–Crippen MR) is 76.7 cm³/mol. The Morgan fingerprint density at radius 2 is 2.11 bits per heavy atom. The van der Waals surface area contributed by atoms with Crippen molar-refractivity contribution in [2.45, 2.75) is 44.2 Å². The molecule has 0 bridgehead atoms. The molecule has 1 aromatic rings. The van der Waals surface area contributed by atoms with Gasteiger partial charge in [-0.25, -0.2) is 8.42 Å². The van der Waals surface area contributed by atoms with Crippen molar-refractivity contribution in [3.8, 4) is 0 Å². The van der Waals surface area contributed by atoms with Gasteiger partial charge in [-0.3, -0.25) is 0 Å². The first-order valence-corrected chi connectivity index (χ1v) is 9.08. The fraction of sp³-hybridized carbons (Fsp3) is 0.714. The van der Waals surface area contributed by atoms with Crippen LogP contribution in [-0.2, 0) is 9.84 Å². The molecule has 0 aliphatic heterocycles. The summed E-state index contributed by atoms with van der Waals surface area (Å²) in [5.41, 5.74) is 0.285. The van der Waals surface area contributed by atoms with E-state index < -0.39 is 9.84 Å². The summed E-state index contributed by atoms with van der Waals surface area (Å²) in [6.45, 7) is 6.76. The predicted octanol–water partition coefficient (Wildman–Crippen LogP) is 3.98. The van der Waals surface area contributed by atoms with E-state index in [4.69, 9.17) is 0 Å². The molecule has 0 N–H and O–H groups in total. The second-order valence-corrected chi connectivity index (χ2v) is 9.70. The fourth-order valence-electron chi connectivity index (χ4n) is 3.50. The molecule has 2 nitrogen and oxygen atoms in total. The van der Waals surface area contributed by atoms with E-state index in [0.717, 1.165) is 12.8 Å². The molecule has 0 saturated heterocycles. The molecule has 0 amide bonds. The summed E-state index contributed by atoms with van der Waals surface area (Å²) in [4.78, 5) is 0. The molecule has 1 aromatic heterocycles. The van der Waals surface area contributed by atoms with Crippen molar-refractivity contribution >= 4 is 21.2 Å². The Morgan fingerprint density at radius 1 is 1.39 bits per heavy atom. The van der Waals surface area contributed by atoms with Crippen molar-refractivity contribution in [2.75, 3.05) is 5.75 Å². The molecule has 2 unspecified atom stereocenters. The quantitative estimate of drug-likeness (QED) is 0.842. The molecule has 4 heteroatoms. The van der Waals surface area contributed by atoms with Crippen LogP contribution in [0.3, 0.4) is 0 Å². The maximum absolute atomic E-state index is 12.3. The van der Waals surface area contributed by atoms with Gasteiger partial charge in [-0.1, -0.05) is 26.8 Å². The molecule has 1 aliphatic carbocycles. The van der Waals surface area contributed by atoms with Gasteiger partial charge >= 0.3 is 0 Å². The van der Waals surface area contributed by atoms with Crippen LogP contribution in [0.1, 0.15) is 40.0 Å². The van der Waals surface area contributed by atoms with Gasteiger partial charge < -0.3 is 0 Å². The Morgan fingerprint density at radius 3 is 2.67 bits per heavy atom. The molecule has 2 rings (SSSR count). The first-order valence-electron chi connectivity index (χ1n) is 6.55. The smallest absolute Gasteiger partial charge is 0.188 e. The average Bonchev–Trinajstić information content (AvgIpc) is 2.65. The average molecular weight is 286 g/mol. The molecule has 0 aromatic carbocycles. The highest BCUT2D eigenvalue weighted by Crippen LogP contribution is 2.42. The second-order valence-electron chi connectivity index (χ2n) is 6.49. The zero-order chi connectivity index (χ0) is 13.4. The highest BCUT2D eigenvalue weighted by atomic mass is 32.2. The Kier molecular flexibility index (Phi) is 3.88. The third-order valence-corrected chi connectivity index (χ3v) is 7.11. The van der Waals surface area contributed by atoms with E-state index >= 15 is 0 Å². The monoisotopic (exact) mass is 286 g/mol. The number of sulfone groups is 1. The van der Waals surface area contributed by atoms with Crippen molar-refractivity contribution in [1.29, 1.82) is 0 Å². The largest absolute Gasteiger partial charge is 0.223 e. The Bertz CT molecular complexity index is 486. The van der Waals surface area contributed by atoms with Crippen LogP contribution in [0.5, 0.6) is 0 Å². The first kappa shape index (κ1) is 14.1. The number of thiophene rings is 1. The lowest BCUT2D eigenvalue weighted by molar-refractivity contribution is 0.144. The van der Waals surface area contributed by atoms with Gasteiger partial charge in [0.05, 0.1) is 5.75 Å². The van der Waals surface area contributed by atoms with Gasteiger partial charge in [0.1, 0.15) is 4.21 Å². The SMILES string of the molecule is CC1CC(CS(=O)(=O)c2cccs2)CC(C)(C)C1. The van der Waals surface area contributed by atoms with Crippen molar-refractivity contribution < 1.29 is 8.42 Å². The van der Waals surface area contributed by atoms with E-state index in [2.05, 4.69) is 20.8 Å². The summed E-state index contributed by atoms with van der Waals surface area (Å²) in [6.07, 6.45) is 3.29. The summed E-state index contributed by atoms with van der Waals surface area (Å²) in [5.74, 6) is 1.27. The summed E-state index contributed by atoms with van der Waals surface area (Å²) in [5, 5.41) is 1.83. The van der Waals surface area contributed by atoms with E-state index in [9.17, 15) is 8.42 Å². The normalized spacial score (nSPS) is 28.2. The van der Waals surface area contributed by atoms with Crippen LogP contribution >= 0.6 is 11.3 Å². The minimum atomic E-state index is -3.07. The van der Waals surface area contributed by atoms with Crippen molar-refractivity contribution in [1.82, 2.24) is 0 Å². The van der Waals surface area contributed by atoms with E-state index in [1.807, 2.05) is 11.4 Å². The Labute approximate surface area is 114 Å². The van der Waals surface area contributed by atoms with Gasteiger partial charge in [0.2, 0.25) is 0 Å². The molecular weight excluding hydrogens is 264 g/mol. The van der Waals surface area contributed by atoms with E-state index in [0.29, 0.717) is 21.8 Å². The van der Waals surface area contributed by atoms with Crippen LogP contribution < -0.4 is 0 Å². The minimum Gasteiger partial charge on any atom is -0.223 e. The summed E-state index contributed by atoms with van der Waals surface area (Å²) in [6, 6.07) is 3.53. The molecular formula is C14H22O2S2. The maximum atomic E-state index is 12.3. The molecule has 1 saturated carbocycles. The summed E-state index contributed by atoms with van der Waals surface area (Å²) < 4.78 is 25.1. The van der Waals surface area contributed by atoms with Crippen LogP contribution in [0.25, 0.3) is 0 Å². The van der Waals surface area contributed by atoms with Crippen LogP contribution in [0.2, 0.25) is 0 Å². The van der Waals surface area contributed by atoms with Crippen LogP contribution in [0.15, 0.2) is 21.7 Å². The van der Waals surface area contributed by atoms with Crippen LogP contribution in [0, 0.1) is 17.3 Å². The molecule has 0 spiro atoms. The summed E-state index contributed by atoms with van der Waals surface area (Å²) >= 11 is 1.33. The van der Waals surface area contributed by atoms with Gasteiger partial charge in [0, 0.05) is 0 Å².